The van der Waals surface area contributed by atoms with Gasteiger partial charge in [-0.1, -0.05) is 13.8 Å². The molecule has 56 valence electrons. The SMILES string of the molecule is CCCS[SiH2]SCCC. The average molecular weight is 180 g/mol. The standard InChI is InChI=1S/C6H16S2Si/c1-3-5-7-9-8-6-4-2/h3-6,9H2,1-2H3. The third kappa shape index (κ3) is 8.92. The molecule has 0 aromatic carbocycles. The second-order valence-electron chi connectivity index (χ2n) is 1.93. The molecule has 0 aliphatic carbocycles. The fourth-order valence-electron chi connectivity index (χ4n) is 0.465. The molecule has 0 aliphatic heterocycles. The van der Waals surface area contributed by atoms with Gasteiger partial charge >= 0.3 is 0 Å². The minimum atomic E-state index is 0.223. The van der Waals surface area contributed by atoms with E-state index >= 15 is 0 Å². The minimum absolute atomic E-state index is 0.223. The van der Waals surface area contributed by atoms with E-state index in [1.165, 1.54) is 24.3 Å². The summed E-state index contributed by atoms with van der Waals surface area (Å²) in [7, 11) is 0.223. The van der Waals surface area contributed by atoms with Gasteiger partial charge in [0.25, 0.3) is 0 Å². The monoisotopic (exact) mass is 180 g/mol. The highest BCUT2D eigenvalue weighted by Crippen LogP contribution is 2.09. The predicted octanol–water partition coefficient (Wildman–Crippen LogP) is 2.27. The van der Waals surface area contributed by atoms with Gasteiger partial charge in [0.15, 0.2) is 0 Å². The maximum atomic E-state index is 2.26. The highest BCUT2D eigenvalue weighted by Gasteiger charge is 1.86. The van der Waals surface area contributed by atoms with Crippen LogP contribution in [0.4, 0.5) is 0 Å². The molecule has 0 fully saturated rings. The largest absolute Gasteiger partial charge is 0.180 e. The minimum Gasteiger partial charge on any atom is -0.180 e. The summed E-state index contributed by atoms with van der Waals surface area (Å²) in [4.78, 5) is 0. The van der Waals surface area contributed by atoms with Crippen LogP contribution in [0.25, 0.3) is 0 Å². The van der Waals surface area contributed by atoms with E-state index in [9.17, 15) is 0 Å². The quantitative estimate of drug-likeness (QED) is 0.454. The molecule has 0 heterocycles. The lowest BCUT2D eigenvalue weighted by atomic mass is 10.6. The van der Waals surface area contributed by atoms with Crippen molar-refractivity contribution in [3.8, 4) is 0 Å². The molecule has 9 heavy (non-hydrogen) atoms. The summed E-state index contributed by atoms with van der Waals surface area (Å²) < 4.78 is 0. The number of hydrogen-bond acceptors (Lipinski definition) is 2. The molecule has 0 aromatic rings. The topological polar surface area (TPSA) is 0 Å². The van der Waals surface area contributed by atoms with Crippen LogP contribution in [0.5, 0.6) is 0 Å². The second-order valence-corrected chi connectivity index (χ2v) is 9.08. The van der Waals surface area contributed by atoms with Gasteiger partial charge in [-0.05, 0) is 24.3 Å². The van der Waals surface area contributed by atoms with Gasteiger partial charge in [0, 0.05) is 0 Å². The third-order valence-electron chi connectivity index (χ3n) is 0.864. The summed E-state index contributed by atoms with van der Waals surface area (Å²) in [5.74, 6) is 2.78. The number of rotatable bonds is 6. The van der Waals surface area contributed by atoms with E-state index < -0.39 is 0 Å². The van der Waals surface area contributed by atoms with Gasteiger partial charge in [0.1, 0.15) is 7.82 Å². The van der Waals surface area contributed by atoms with Crippen molar-refractivity contribution in [3.63, 3.8) is 0 Å². The lowest BCUT2D eigenvalue weighted by molar-refractivity contribution is 1.11. The summed E-state index contributed by atoms with van der Waals surface area (Å²) in [6.07, 6.45) is 2.70. The average Bonchev–Trinajstić information content (AvgIpc) is 1.89. The first-order chi connectivity index (χ1) is 4.41. The molecular weight excluding hydrogens is 164 g/mol. The van der Waals surface area contributed by atoms with Gasteiger partial charge in [-0.2, -0.15) is 22.4 Å². The summed E-state index contributed by atoms with van der Waals surface area (Å²) in [5.41, 5.74) is 0. The molecule has 0 rings (SSSR count). The molecule has 0 atom stereocenters. The lowest BCUT2D eigenvalue weighted by Crippen LogP contribution is -1.82. The van der Waals surface area contributed by atoms with Crippen molar-refractivity contribution in [2.75, 3.05) is 11.5 Å². The molecule has 0 unspecified atom stereocenters. The fraction of sp³-hybridized carbons (Fsp3) is 1.00. The first kappa shape index (κ1) is 9.92. The Hall–Kier alpha value is 0.917. The van der Waals surface area contributed by atoms with E-state index in [4.69, 9.17) is 0 Å². The van der Waals surface area contributed by atoms with Gasteiger partial charge in [-0.15, -0.1) is 0 Å². The van der Waals surface area contributed by atoms with Crippen molar-refractivity contribution >= 4 is 30.2 Å². The van der Waals surface area contributed by atoms with Crippen LogP contribution >= 0.6 is 22.4 Å². The van der Waals surface area contributed by atoms with Crippen LogP contribution in [0.1, 0.15) is 26.7 Å². The molecule has 0 nitrogen and oxygen atoms in total. The first-order valence-electron chi connectivity index (χ1n) is 3.57. The Morgan fingerprint density at radius 2 is 1.44 bits per heavy atom. The molecule has 0 N–H and O–H groups in total. The summed E-state index contributed by atoms with van der Waals surface area (Å²) in [6, 6.07) is 0. The predicted molar refractivity (Wildman–Crippen MR) is 54.0 cm³/mol. The van der Waals surface area contributed by atoms with Crippen LogP contribution in [0.2, 0.25) is 0 Å². The Bertz CT molecular complexity index is 44.3. The molecule has 0 bridgehead atoms. The Labute approximate surface area is 68.7 Å². The van der Waals surface area contributed by atoms with Crippen molar-refractivity contribution in [3.05, 3.63) is 0 Å². The Morgan fingerprint density at radius 3 is 1.78 bits per heavy atom. The Balaban J connectivity index is 2.60. The highest BCUT2D eigenvalue weighted by atomic mass is 32.6. The molecule has 0 aromatic heterocycles. The molecule has 0 aliphatic rings. The summed E-state index contributed by atoms with van der Waals surface area (Å²) >= 11 is 4.39. The van der Waals surface area contributed by atoms with E-state index in [0.717, 1.165) is 0 Å². The van der Waals surface area contributed by atoms with Crippen molar-refractivity contribution in [1.29, 1.82) is 0 Å². The van der Waals surface area contributed by atoms with E-state index in [2.05, 4.69) is 36.3 Å². The molecule has 0 saturated heterocycles. The van der Waals surface area contributed by atoms with Crippen molar-refractivity contribution < 1.29 is 0 Å². The zero-order valence-electron chi connectivity index (χ0n) is 6.35. The van der Waals surface area contributed by atoms with Crippen LogP contribution in [0.3, 0.4) is 0 Å². The molecule has 0 radical (unpaired) electrons. The van der Waals surface area contributed by atoms with Crippen LogP contribution in [-0.2, 0) is 0 Å². The molecule has 0 amide bonds. The molecule has 3 heteroatoms. The maximum Gasteiger partial charge on any atom is 0.146 e. The van der Waals surface area contributed by atoms with Crippen LogP contribution in [0.15, 0.2) is 0 Å². The van der Waals surface area contributed by atoms with E-state index in [1.54, 1.807) is 0 Å². The van der Waals surface area contributed by atoms with Crippen LogP contribution in [0, 0.1) is 0 Å². The lowest BCUT2D eigenvalue weighted by Gasteiger charge is -1.95. The molecule has 0 spiro atoms. The Kier molecular flexibility index (Phi) is 9.83. The van der Waals surface area contributed by atoms with Crippen molar-refractivity contribution in [2.24, 2.45) is 0 Å². The Morgan fingerprint density at radius 1 is 1.00 bits per heavy atom. The van der Waals surface area contributed by atoms with Crippen molar-refractivity contribution in [1.82, 2.24) is 0 Å². The third-order valence-corrected chi connectivity index (χ3v) is 8.32. The second kappa shape index (κ2) is 8.92. The van der Waals surface area contributed by atoms with E-state index in [0.29, 0.717) is 0 Å². The molecular formula is C6H16S2Si. The van der Waals surface area contributed by atoms with Gasteiger partial charge < -0.3 is 0 Å². The van der Waals surface area contributed by atoms with Crippen LogP contribution < -0.4 is 0 Å². The highest BCUT2D eigenvalue weighted by molar-refractivity contribution is 8.50. The fourth-order valence-corrected chi connectivity index (χ4v) is 7.37. The van der Waals surface area contributed by atoms with Gasteiger partial charge in [-0.3, -0.25) is 0 Å². The summed E-state index contributed by atoms with van der Waals surface area (Å²) in [6.45, 7) is 4.51. The molecule has 0 saturated carbocycles. The smallest absolute Gasteiger partial charge is 0.146 e. The van der Waals surface area contributed by atoms with Gasteiger partial charge in [0.05, 0.1) is 0 Å². The normalized spacial score (nSPS) is 10.0. The summed E-state index contributed by atoms with van der Waals surface area (Å²) in [5, 5.41) is 0. The van der Waals surface area contributed by atoms with Crippen LogP contribution in [-0.4, -0.2) is 19.3 Å². The number of hydrogen-bond donors (Lipinski definition) is 0. The zero-order valence-corrected chi connectivity index (χ0v) is 9.40. The zero-order chi connectivity index (χ0) is 6.95. The van der Waals surface area contributed by atoms with Crippen molar-refractivity contribution in [2.45, 2.75) is 26.7 Å². The first-order valence-corrected chi connectivity index (χ1v) is 9.34. The van der Waals surface area contributed by atoms with Gasteiger partial charge in [0.2, 0.25) is 0 Å². The van der Waals surface area contributed by atoms with E-state index in [1.807, 2.05) is 0 Å². The van der Waals surface area contributed by atoms with Gasteiger partial charge in [-0.25, -0.2) is 0 Å². The van der Waals surface area contributed by atoms with E-state index in [-0.39, 0.29) is 7.82 Å². The maximum absolute atomic E-state index is 2.26.